The number of hydrogen-bond acceptors (Lipinski definition) is 3. The van der Waals surface area contributed by atoms with Crippen LogP contribution in [0.15, 0.2) is 60.7 Å². The number of carboxylic acid groups (broad SMARTS) is 1. The van der Waals surface area contributed by atoms with Gasteiger partial charge in [-0.25, -0.2) is 9.78 Å². The maximum Gasteiger partial charge on any atom is 0.347 e. The highest BCUT2D eigenvalue weighted by Gasteiger charge is 2.26. The second-order valence-corrected chi connectivity index (χ2v) is 6.21. The van der Waals surface area contributed by atoms with Crippen molar-refractivity contribution in [1.82, 2.24) is 4.98 Å². The van der Waals surface area contributed by atoms with Gasteiger partial charge in [-0.3, -0.25) is 0 Å². The van der Waals surface area contributed by atoms with E-state index >= 15 is 0 Å². The van der Waals surface area contributed by atoms with Gasteiger partial charge in [0.1, 0.15) is 4.88 Å². The number of benzene rings is 2. The number of nitrogens with zero attached hydrogens (tertiary/aromatic N) is 1. The lowest BCUT2D eigenvalue weighted by molar-refractivity contribution is 0.0700. The average molecular weight is 309 g/mol. The molecule has 0 amide bonds. The number of aromatic nitrogens is 1. The van der Waals surface area contributed by atoms with E-state index in [1.165, 1.54) is 11.3 Å². The molecule has 0 aliphatic heterocycles. The maximum absolute atomic E-state index is 11.6. The molecule has 3 nitrogen and oxygen atoms in total. The van der Waals surface area contributed by atoms with E-state index in [0.717, 1.165) is 16.1 Å². The Labute approximate surface area is 132 Å². The second-order valence-electron chi connectivity index (χ2n) is 5.01. The summed E-state index contributed by atoms with van der Waals surface area (Å²) in [6, 6.07) is 19.8. The third kappa shape index (κ3) is 2.78. The summed E-state index contributed by atoms with van der Waals surface area (Å²) in [5.74, 6) is -1.09. The molecule has 4 heteroatoms. The van der Waals surface area contributed by atoms with Crippen LogP contribution < -0.4 is 0 Å². The van der Waals surface area contributed by atoms with E-state index in [-0.39, 0.29) is 5.92 Å². The molecule has 1 aromatic heterocycles. The molecule has 0 radical (unpaired) electrons. The zero-order valence-electron chi connectivity index (χ0n) is 12.1. The number of carboxylic acids is 1. The average Bonchev–Trinajstić information content (AvgIpc) is 2.92. The highest BCUT2D eigenvalue weighted by atomic mass is 32.1. The van der Waals surface area contributed by atoms with Crippen LogP contribution in [-0.4, -0.2) is 16.1 Å². The molecule has 22 heavy (non-hydrogen) atoms. The second kappa shape index (κ2) is 6.12. The van der Waals surface area contributed by atoms with Crippen LogP contribution in [0, 0.1) is 6.92 Å². The lowest BCUT2D eigenvalue weighted by atomic mass is 9.88. The number of aromatic carboxylic acids is 1. The number of aryl methyl sites for hydroxylation is 1. The van der Waals surface area contributed by atoms with Gasteiger partial charge >= 0.3 is 5.97 Å². The summed E-state index contributed by atoms with van der Waals surface area (Å²) in [4.78, 5) is 16.4. The Balaban J connectivity index is 2.21. The lowest BCUT2D eigenvalue weighted by Gasteiger charge is -2.17. The van der Waals surface area contributed by atoms with Crippen LogP contribution in [0.1, 0.15) is 37.4 Å². The van der Waals surface area contributed by atoms with Gasteiger partial charge in [-0.1, -0.05) is 60.7 Å². The van der Waals surface area contributed by atoms with Crippen LogP contribution in [0.25, 0.3) is 0 Å². The van der Waals surface area contributed by atoms with Gasteiger partial charge < -0.3 is 5.11 Å². The monoisotopic (exact) mass is 309 g/mol. The topological polar surface area (TPSA) is 50.2 Å². The minimum absolute atomic E-state index is 0.168. The van der Waals surface area contributed by atoms with E-state index in [1.807, 2.05) is 67.6 Å². The summed E-state index contributed by atoms with van der Waals surface area (Å²) < 4.78 is 0. The van der Waals surface area contributed by atoms with Gasteiger partial charge in [0.25, 0.3) is 0 Å². The van der Waals surface area contributed by atoms with Crippen molar-refractivity contribution in [3.05, 3.63) is 87.4 Å². The maximum atomic E-state index is 11.6. The molecular weight excluding hydrogens is 294 g/mol. The van der Waals surface area contributed by atoms with E-state index in [1.54, 1.807) is 0 Å². The molecule has 0 saturated heterocycles. The van der Waals surface area contributed by atoms with Crippen molar-refractivity contribution in [2.45, 2.75) is 12.8 Å². The largest absolute Gasteiger partial charge is 0.477 e. The number of rotatable bonds is 4. The van der Waals surface area contributed by atoms with Crippen LogP contribution in [-0.2, 0) is 0 Å². The molecule has 0 spiro atoms. The van der Waals surface area contributed by atoms with Crippen LogP contribution >= 0.6 is 11.3 Å². The first-order chi connectivity index (χ1) is 10.7. The van der Waals surface area contributed by atoms with Crippen LogP contribution in [0.2, 0.25) is 0 Å². The summed E-state index contributed by atoms with van der Waals surface area (Å²) in [5.41, 5.74) is 2.70. The molecule has 1 N–H and O–H groups in total. The summed E-state index contributed by atoms with van der Waals surface area (Å²) in [6.45, 7) is 1.84. The molecule has 0 saturated carbocycles. The van der Waals surface area contributed by atoms with Gasteiger partial charge in [0.15, 0.2) is 0 Å². The molecule has 3 aromatic rings. The van der Waals surface area contributed by atoms with Crippen molar-refractivity contribution >= 4 is 17.3 Å². The Hall–Kier alpha value is -2.46. The van der Waals surface area contributed by atoms with Crippen LogP contribution in [0.4, 0.5) is 0 Å². The Kier molecular flexibility index (Phi) is 4.02. The van der Waals surface area contributed by atoms with Gasteiger partial charge in [-0.2, -0.15) is 0 Å². The molecule has 0 unspecified atom stereocenters. The van der Waals surface area contributed by atoms with Crippen molar-refractivity contribution in [1.29, 1.82) is 0 Å². The molecule has 0 aliphatic rings. The van der Waals surface area contributed by atoms with Gasteiger partial charge in [0, 0.05) is 0 Å². The number of hydrogen-bond donors (Lipinski definition) is 1. The van der Waals surface area contributed by atoms with E-state index in [0.29, 0.717) is 10.6 Å². The molecule has 3 rings (SSSR count). The van der Waals surface area contributed by atoms with Crippen molar-refractivity contribution < 1.29 is 9.90 Å². The van der Waals surface area contributed by atoms with Gasteiger partial charge in [0.2, 0.25) is 0 Å². The quantitative estimate of drug-likeness (QED) is 0.780. The standard InChI is InChI=1S/C18H15NO2S/c1-12-19-16(17(22-12)18(20)21)15(13-8-4-2-5-9-13)14-10-6-3-7-11-14/h2-11,15H,1H3,(H,20,21). The van der Waals surface area contributed by atoms with Gasteiger partial charge in [-0.15, -0.1) is 11.3 Å². The molecule has 0 atom stereocenters. The molecule has 110 valence electrons. The fourth-order valence-corrected chi connectivity index (χ4v) is 3.39. The predicted molar refractivity (Wildman–Crippen MR) is 87.6 cm³/mol. The molecule has 0 bridgehead atoms. The first-order valence-electron chi connectivity index (χ1n) is 6.97. The predicted octanol–water partition coefficient (Wildman–Crippen LogP) is 4.33. The highest BCUT2D eigenvalue weighted by molar-refractivity contribution is 7.13. The van der Waals surface area contributed by atoms with E-state index < -0.39 is 5.97 Å². The molecule has 1 heterocycles. The number of thiazole rings is 1. The first kappa shape index (κ1) is 14.5. The normalized spacial score (nSPS) is 10.8. The summed E-state index contributed by atoms with van der Waals surface area (Å²) in [6.07, 6.45) is 0. The van der Waals surface area contributed by atoms with Gasteiger partial charge in [-0.05, 0) is 18.1 Å². The first-order valence-corrected chi connectivity index (χ1v) is 7.79. The summed E-state index contributed by atoms with van der Waals surface area (Å²) in [7, 11) is 0. The van der Waals surface area contributed by atoms with Crippen molar-refractivity contribution in [3.8, 4) is 0 Å². The fourth-order valence-electron chi connectivity index (χ4n) is 2.59. The third-order valence-corrected chi connectivity index (χ3v) is 4.47. The Morgan fingerprint density at radius 2 is 1.50 bits per heavy atom. The van der Waals surface area contributed by atoms with Gasteiger partial charge in [0.05, 0.1) is 16.6 Å². The Bertz CT molecular complexity index is 742. The number of carbonyl (C=O) groups is 1. The van der Waals surface area contributed by atoms with Crippen LogP contribution in [0.5, 0.6) is 0 Å². The van der Waals surface area contributed by atoms with Crippen molar-refractivity contribution in [2.75, 3.05) is 0 Å². The fraction of sp³-hybridized carbons (Fsp3) is 0.111. The lowest BCUT2D eigenvalue weighted by Crippen LogP contribution is -2.09. The smallest absolute Gasteiger partial charge is 0.347 e. The molecule has 0 fully saturated rings. The highest BCUT2D eigenvalue weighted by Crippen LogP contribution is 2.35. The zero-order chi connectivity index (χ0) is 15.5. The summed E-state index contributed by atoms with van der Waals surface area (Å²) in [5, 5.41) is 10.3. The van der Waals surface area contributed by atoms with E-state index in [2.05, 4.69) is 4.98 Å². The van der Waals surface area contributed by atoms with E-state index in [4.69, 9.17) is 0 Å². The summed E-state index contributed by atoms with van der Waals surface area (Å²) >= 11 is 1.23. The SMILES string of the molecule is Cc1nc(C(c2ccccc2)c2ccccc2)c(C(=O)O)s1. The zero-order valence-corrected chi connectivity index (χ0v) is 12.9. The van der Waals surface area contributed by atoms with E-state index in [9.17, 15) is 9.90 Å². The minimum Gasteiger partial charge on any atom is -0.477 e. The van der Waals surface area contributed by atoms with Crippen molar-refractivity contribution in [3.63, 3.8) is 0 Å². The molecule has 2 aromatic carbocycles. The third-order valence-electron chi connectivity index (χ3n) is 3.49. The minimum atomic E-state index is -0.919. The Morgan fingerprint density at radius 1 is 1.00 bits per heavy atom. The van der Waals surface area contributed by atoms with Crippen LogP contribution in [0.3, 0.4) is 0 Å². The molecule has 0 aliphatic carbocycles. The molecular formula is C18H15NO2S. The van der Waals surface area contributed by atoms with Crippen molar-refractivity contribution in [2.24, 2.45) is 0 Å². The Morgan fingerprint density at radius 3 is 1.95 bits per heavy atom.